The summed E-state index contributed by atoms with van der Waals surface area (Å²) in [4.78, 5) is 0. The summed E-state index contributed by atoms with van der Waals surface area (Å²) in [6.45, 7) is 0.0926. The molecule has 1 nitrogen and oxygen atoms in total. The average Bonchev–Trinajstić information content (AvgIpc) is 2.05. The first-order chi connectivity index (χ1) is 4.84. The highest BCUT2D eigenvalue weighted by molar-refractivity contribution is 5.85. The highest BCUT2D eigenvalue weighted by atomic mass is 35.5. The molecule has 1 rings (SSSR count). The van der Waals surface area contributed by atoms with Gasteiger partial charge in [-0.25, -0.2) is 4.39 Å². The van der Waals surface area contributed by atoms with Crippen molar-refractivity contribution >= 4 is 12.4 Å². The standard InChI is InChI=1S/C8H14FN.ClH/c9-8(6-10)7-4-2-1-3-5-7;/h1-6,10H2;1H. The Morgan fingerprint density at radius 2 is 1.82 bits per heavy atom. The fourth-order valence-electron chi connectivity index (χ4n) is 1.39. The van der Waals surface area contributed by atoms with Gasteiger partial charge in [-0.05, 0) is 31.3 Å². The summed E-state index contributed by atoms with van der Waals surface area (Å²) in [6, 6.07) is 0. The van der Waals surface area contributed by atoms with Crippen LogP contribution in [0.25, 0.3) is 0 Å². The molecule has 2 N–H and O–H groups in total. The SMILES string of the molecule is Cl.NCC(F)=C1CCCCC1. The summed E-state index contributed by atoms with van der Waals surface area (Å²) in [5.74, 6) is -0.0697. The molecule has 0 heterocycles. The summed E-state index contributed by atoms with van der Waals surface area (Å²) in [7, 11) is 0. The molecule has 1 aliphatic rings. The van der Waals surface area contributed by atoms with Gasteiger partial charge in [-0.1, -0.05) is 6.42 Å². The van der Waals surface area contributed by atoms with Crippen molar-refractivity contribution in [3.63, 3.8) is 0 Å². The normalized spacial score (nSPS) is 17.5. The molecule has 0 amide bonds. The van der Waals surface area contributed by atoms with Gasteiger partial charge < -0.3 is 5.73 Å². The molecule has 0 spiro atoms. The third kappa shape index (κ3) is 3.21. The zero-order chi connectivity index (χ0) is 7.40. The van der Waals surface area contributed by atoms with Crippen LogP contribution in [0.4, 0.5) is 4.39 Å². The number of nitrogens with two attached hydrogens (primary N) is 1. The lowest BCUT2D eigenvalue weighted by Crippen LogP contribution is -2.04. The van der Waals surface area contributed by atoms with Crippen molar-refractivity contribution in [2.75, 3.05) is 6.54 Å². The van der Waals surface area contributed by atoms with Crippen LogP contribution < -0.4 is 5.73 Å². The molecule has 0 aromatic heterocycles. The quantitative estimate of drug-likeness (QED) is 0.658. The molecule has 1 saturated carbocycles. The summed E-state index contributed by atoms with van der Waals surface area (Å²) in [5, 5.41) is 0. The zero-order valence-corrected chi connectivity index (χ0v) is 7.42. The molecular weight excluding hydrogens is 165 g/mol. The lowest BCUT2D eigenvalue weighted by molar-refractivity contribution is 0.535. The second-order valence-corrected chi connectivity index (χ2v) is 2.77. The minimum atomic E-state index is -0.0697. The summed E-state index contributed by atoms with van der Waals surface area (Å²) < 4.78 is 12.8. The minimum Gasteiger partial charge on any atom is -0.325 e. The highest BCUT2D eigenvalue weighted by Crippen LogP contribution is 2.25. The first kappa shape index (κ1) is 10.9. The van der Waals surface area contributed by atoms with Crippen molar-refractivity contribution < 1.29 is 4.39 Å². The topological polar surface area (TPSA) is 26.0 Å². The van der Waals surface area contributed by atoms with Gasteiger partial charge in [0.1, 0.15) is 5.83 Å². The van der Waals surface area contributed by atoms with E-state index in [2.05, 4.69) is 0 Å². The predicted molar refractivity (Wildman–Crippen MR) is 47.5 cm³/mol. The van der Waals surface area contributed by atoms with Gasteiger partial charge in [0.2, 0.25) is 0 Å². The van der Waals surface area contributed by atoms with Crippen LogP contribution in [0.3, 0.4) is 0 Å². The lowest BCUT2D eigenvalue weighted by Gasteiger charge is -2.13. The maximum absolute atomic E-state index is 12.8. The van der Waals surface area contributed by atoms with Gasteiger partial charge >= 0.3 is 0 Å². The maximum atomic E-state index is 12.8. The van der Waals surface area contributed by atoms with Crippen molar-refractivity contribution in [2.45, 2.75) is 32.1 Å². The second kappa shape index (κ2) is 5.56. The maximum Gasteiger partial charge on any atom is 0.113 e. The van der Waals surface area contributed by atoms with Crippen LogP contribution in [-0.4, -0.2) is 6.54 Å². The summed E-state index contributed by atoms with van der Waals surface area (Å²) in [5.41, 5.74) is 6.14. The zero-order valence-electron chi connectivity index (χ0n) is 6.61. The van der Waals surface area contributed by atoms with E-state index in [-0.39, 0.29) is 24.8 Å². The van der Waals surface area contributed by atoms with Crippen LogP contribution in [0.5, 0.6) is 0 Å². The van der Waals surface area contributed by atoms with Crippen LogP contribution in [0.1, 0.15) is 32.1 Å². The number of hydrogen-bond donors (Lipinski definition) is 1. The fourth-order valence-corrected chi connectivity index (χ4v) is 1.39. The van der Waals surface area contributed by atoms with E-state index in [9.17, 15) is 4.39 Å². The van der Waals surface area contributed by atoms with Crippen LogP contribution in [0.15, 0.2) is 11.4 Å². The lowest BCUT2D eigenvalue weighted by atomic mass is 9.94. The van der Waals surface area contributed by atoms with Gasteiger partial charge in [-0.2, -0.15) is 0 Å². The van der Waals surface area contributed by atoms with Crippen molar-refractivity contribution in [3.05, 3.63) is 11.4 Å². The Labute approximate surface area is 73.3 Å². The molecule has 0 saturated heterocycles. The molecule has 0 unspecified atom stereocenters. The molecule has 3 heteroatoms. The number of hydrogen-bond acceptors (Lipinski definition) is 1. The van der Waals surface area contributed by atoms with Gasteiger partial charge in [-0.3, -0.25) is 0 Å². The number of rotatable bonds is 1. The van der Waals surface area contributed by atoms with E-state index in [0.29, 0.717) is 0 Å². The number of allylic oxidation sites excluding steroid dienone is 1. The molecule has 11 heavy (non-hydrogen) atoms. The Hall–Kier alpha value is -0.0800. The first-order valence-electron chi connectivity index (χ1n) is 3.91. The molecule has 0 aromatic rings. The largest absolute Gasteiger partial charge is 0.325 e. The molecule has 0 radical (unpaired) electrons. The van der Waals surface area contributed by atoms with Crippen LogP contribution in [-0.2, 0) is 0 Å². The van der Waals surface area contributed by atoms with Gasteiger partial charge in [0.25, 0.3) is 0 Å². The molecule has 0 aliphatic heterocycles. The molecule has 1 aliphatic carbocycles. The van der Waals surface area contributed by atoms with Crippen LogP contribution >= 0.6 is 12.4 Å². The molecule has 0 bridgehead atoms. The van der Waals surface area contributed by atoms with Crippen molar-refractivity contribution in [2.24, 2.45) is 5.73 Å². The Bertz CT molecular complexity index is 137. The number of halogens is 2. The van der Waals surface area contributed by atoms with E-state index in [1.54, 1.807) is 0 Å². The second-order valence-electron chi connectivity index (χ2n) is 2.77. The Kier molecular flexibility index (Phi) is 5.51. The monoisotopic (exact) mass is 179 g/mol. The third-order valence-corrected chi connectivity index (χ3v) is 2.02. The Morgan fingerprint density at radius 1 is 1.27 bits per heavy atom. The highest BCUT2D eigenvalue weighted by Gasteiger charge is 2.09. The van der Waals surface area contributed by atoms with E-state index in [0.717, 1.165) is 31.3 Å². The van der Waals surface area contributed by atoms with Gasteiger partial charge in [0.15, 0.2) is 0 Å². The average molecular weight is 180 g/mol. The Balaban J connectivity index is 0.000001000. The predicted octanol–water partition coefficient (Wildman–Crippen LogP) is 2.55. The molecular formula is C8H15ClFN. The van der Waals surface area contributed by atoms with Gasteiger partial charge in [-0.15, -0.1) is 12.4 Å². The molecule has 0 aromatic carbocycles. The first-order valence-corrected chi connectivity index (χ1v) is 3.91. The smallest absolute Gasteiger partial charge is 0.113 e. The van der Waals surface area contributed by atoms with E-state index < -0.39 is 0 Å². The van der Waals surface area contributed by atoms with Gasteiger partial charge in [0.05, 0.1) is 0 Å². The molecule has 66 valence electrons. The van der Waals surface area contributed by atoms with Crippen molar-refractivity contribution in [1.82, 2.24) is 0 Å². The minimum absolute atomic E-state index is 0. The van der Waals surface area contributed by atoms with Gasteiger partial charge in [0, 0.05) is 6.54 Å². The summed E-state index contributed by atoms with van der Waals surface area (Å²) >= 11 is 0. The van der Waals surface area contributed by atoms with E-state index >= 15 is 0 Å². The Morgan fingerprint density at radius 3 is 2.27 bits per heavy atom. The molecule has 1 fully saturated rings. The van der Waals surface area contributed by atoms with E-state index in [4.69, 9.17) is 5.73 Å². The third-order valence-electron chi connectivity index (χ3n) is 2.02. The molecule has 0 atom stereocenters. The van der Waals surface area contributed by atoms with Crippen LogP contribution in [0, 0.1) is 0 Å². The van der Waals surface area contributed by atoms with Crippen molar-refractivity contribution in [3.8, 4) is 0 Å². The van der Waals surface area contributed by atoms with E-state index in [1.165, 1.54) is 6.42 Å². The summed E-state index contributed by atoms with van der Waals surface area (Å²) in [6.07, 6.45) is 5.40. The van der Waals surface area contributed by atoms with Crippen molar-refractivity contribution in [1.29, 1.82) is 0 Å². The van der Waals surface area contributed by atoms with Crippen LogP contribution in [0.2, 0.25) is 0 Å². The van der Waals surface area contributed by atoms with E-state index in [1.807, 2.05) is 0 Å². The fraction of sp³-hybridized carbons (Fsp3) is 0.750.